The molecule has 2 saturated heterocycles. The van der Waals surface area contributed by atoms with Crippen molar-refractivity contribution < 1.29 is 14.3 Å². The van der Waals surface area contributed by atoms with Crippen LogP contribution in [0.25, 0.3) is 0 Å². The number of nitrogens with zero attached hydrogens (tertiary/aromatic N) is 2. The lowest BCUT2D eigenvalue weighted by Crippen LogP contribution is -2.51. The number of rotatable bonds is 4. The molecule has 136 valence electrons. The highest BCUT2D eigenvalue weighted by atomic mass is 16.5. The van der Waals surface area contributed by atoms with Crippen LogP contribution < -0.4 is 5.32 Å². The fourth-order valence-corrected chi connectivity index (χ4v) is 3.83. The van der Waals surface area contributed by atoms with Crippen LogP contribution >= 0.6 is 0 Å². The lowest BCUT2D eigenvalue weighted by atomic mass is 9.78. The first kappa shape index (κ1) is 17.7. The van der Waals surface area contributed by atoms with Gasteiger partial charge in [-0.2, -0.15) is 0 Å². The van der Waals surface area contributed by atoms with Crippen molar-refractivity contribution in [2.24, 2.45) is 5.41 Å². The third kappa shape index (κ3) is 3.79. The van der Waals surface area contributed by atoms with Crippen molar-refractivity contribution in [2.75, 3.05) is 45.2 Å². The van der Waals surface area contributed by atoms with E-state index in [1.807, 2.05) is 36.1 Å². The second kappa shape index (κ2) is 7.44. The van der Waals surface area contributed by atoms with Gasteiger partial charge >= 0.3 is 6.03 Å². The van der Waals surface area contributed by atoms with Crippen LogP contribution in [0.1, 0.15) is 24.8 Å². The van der Waals surface area contributed by atoms with Gasteiger partial charge in [0.05, 0.1) is 12.0 Å². The summed E-state index contributed by atoms with van der Waals surface area (Å²) in [5, 5.41) is 2.94. The van der Waals surface area contributed by atoms with E-state index in [1.54, 1.807) is 12.0 Å². The van der Waals surface area contributed by atoms with E-state index in [2.05, 4.69) is 5.32 Å². The molecule has 0 aliphatic carbocycles. The van der Waals surface area contributed by atoms with Gasteiger partial charge < -0.3 is 19.9 Å². The molecule has 1 aromatic rings. The largest absolute Gasteiger partial charge is 0.383 e. The topological polar surface area (TPSA) is 61.9 Å². The van der Waals surface area contributed by atoms with Crippen LogP contribution in [0.5, 0.6) is 0 Å². The monoisotopic (exact) mass is 345 g/mol. The highest BCUT2D eigenvalue weighted by Crippen LogP contribution is 2.40. The molecule has 2 aliphatic heterocycles. The van der Waals surface area contributed by atoms with Crippen molar-refractivity contribution in [1.29, 1.82) is 0 Å². The first-order valence-electron chi connectivity index (χ1n) is 8.95. The van der Waals surface area contributed by atoms with E-state index in [-0.39, 0.29) is 11.9 Å². The molecule has 2 fully saturated rings. The van der Waals surface area contributed by atoms with E-state index in [0.717, 1.165) is 37.1 Å². The zero-order valence-electron chi connectivity index (χ0n) is 15.1. The number of piperidine rings is 1. The molecule has 1 N–H and O–H groups in total. The number of hydrogen-bond acceptors (Lipinski definition) is 3. The van der Waals surface area contributed by atoms with Crippen molar-refractivity contribution in [1.82, 2.24) is 9.80 Å². The van der Waals surface area contributed by atoms with Crippen molar-refractivity contribution in [3.63, 3.8) is 0 Å². The predicted molar refractivity (Wildman–Crippen MR) is 96.5 cm³/mol. The van der Waals surface area contributed by atoms with Gasteiger partial charge in [-0.1, -0.05) is 17.7 Å². The highest BCUT2D eigenvalue weighted by molar-refractivity contribution is 5.91. The number of benzene rings is 1. The molecule has 0 bridgehead atoms. The maximum absolute atomic E-state index is 12.9. The number of carbonyl (C=O) groups is 2. The van der Waals surface area contributed by atoms with E-state index >= 15 is 0 Å². The molecule has 2 heterocycles. The number of nitrogens with one attached hydrogen (secondary N) is 1. The summed E-state index contributed by atoms with van der Waals surface area (Å²) in [7, 11) is 1.65. The van der Waals surface area contributed by atoms with Gasteiger partial charge in [-0.3, -0.25) is 4.79 Å². The van der Waals surface area contributed by atoms with Gasteiger partial charge in [0.1, 0.15) is 0 Å². The second-order valence-electron chi connectivity index (χ2n) is 7.14. The molecule has 0 saturated carbocycles. The third-order valence-electron chi connectivity index (χ3n) is 5.33. The van der Waals surface area contributed by atoms with Crippen molar-refractivity contribution >= 4 is 17.6 Å². The van der Waals surface area contributed by atoms with Gasteiger partial charge in [0.15, 0.2) is 0 Å². The molecule has 1 spiro atoms. The van der Waals surface area contributed by atoms with Crippen LogP contribution in [-0.2, 0) is 9.53 Å². The Morgan fingerprint density at radius 1 is 1.24 bits per heavy atom. The molecule has 1 unspecified atom stereocenters. The van der Waals surface area contributed by atoms with Crippen molar-refractivity contribution in [3.8, 4) is 0 Å². The predicted octanol–water partition coefficient (Wildman–Crippen LogP) is 2.49. The van der Waals surface area contributed by atoms with Crippen LogP contribution in [0.15, 0.2) is 24.3 Å². The summed E-state index contributed by atoms with van der Waals surface area (Å²) in [6.45, 7) is 5.13. The Morgan fingerprint density at radius 3 is 2.72 bits per heavy atom. The molecule has 6 nitrogen and oxygen atoms in total. The fourth-order valence-electron chi connectivity index (χ4n) is 3.83. The number of urea groups is 1. The normalized spacial score (nSPS) is 23.4. The number of amides is 3. The maximum Gasteiger partial charge on any atom is 0.321 e. The fraction of sp³-hybridized carbons (Fsp3) is 0.579. The minimum absolute atomic E-state index is 0.123. The summed E-state index contributed by atoms with van der Waals surface area (Å²) in [5.41, 5.74) is 1.53. The minimum atomic E-state index is -0.406. The van der Waals surface area contributed by atoms with Crippen LogP contribution in [0.2, 0.25) is 0 Å². The summed E-state index contributed by atoms with van der Waals surface area (Å²) in [5.74, 6) is 0.182. The Balaban J connectivity index is 1.62. The molecule has 0 radical (unpaired) electrons. The number of hydrogen-bond donors (Lipinski definition) is 1. The smallest absolute Gasteiger partial charge is 0.321 e. The van der Waals surface area contributed by atoms with E-state index < -0.39 is 5.41 Å². The van der Waals surface area contributed by atoms with Gasteiger partial charge in [-0.05, 0) is 38.3 Å². The van der Waals surface area contributed by atoms with E-state index in [0.29, 0.717) is 26.2 Å². The number of likely N-dealkylation sites (tertiary alicyclic amines) is 2. The standard InChI is InChI=1S/C19H27N3O3/c1-15-4-6-16(7-5-15)20-18(24)22-11-9-19(14-22)8-3-10-21(17(19)23)12-13-25-2/h4-7H,3,8-14H2,1-2H3,(H,20,24). The number of aryl methyl sites for hydroxylation is 1. The maximum atomic E-state index is 12.9. The van der Waals surface area contributed by atoms with E-state index in [1.165, 1.54) is 0 Å². The molecule has 0 aromatic heterocycles. The SMILES string of the molecule is COCCN1CCCC2(CCN(C(=O)Nc3ccc(C)cc3)C2)C1=O. The molecule has 6 heteroatoms. The Hall–Kier alpha value is -2.08. The molecular weight excluding hydrogens is 318 g/mol. The van der Waals surface area contributed by atoms with Crippen LogP contribution in [0.4, 0.5) is 10.5 Å². The summed E-state index contributed by atoms with van der Waals surface area (Å²) >= 11 is 0. The Kier molecular flexibility index (Phi) is 5.27. The third-order valence-corrected chi connectivity index (χ3v) is 5.33. The number of methoxy groups -OCH3 is 1. The van der Waals surface area contributed by atoms with E-state index in [9.17, 15) is 9.59 Å². The molecule has 1 aromatic carbocycles. The lowest BCUT2D eigenvalue weighted by Gasteiger charge is -2.39. The highest BCUT2D eigenvalue weighted by Gasteiger charge is 2.49. The first-order chi connectivity index (χ1) is 12.0. The van der Waals surface area contributed by atoms with Gasteiger partial charge in [0, 0.05) is 39.0 Å². The molecule has 1 atom stereocenters. The van der Waals surface area contributed by atoms with Crippen LogP contribution in [0, 0.1) is 12.3 Å². The Morgan fingerprint density at radius 2 is 2.00 bits per heavy atom. The summed E-state index contributed by atoms with van der Waals surface area (Å²) < 4.78 is 5.11. The lowest BCUT2D eigenvalue weighted by molar-refractivity contribution is -0.146. The zero-order valence-corrected chi connectivity index (χ0v) is 15.1. The van der Waals surface area contributed by atoms with Crippen LogP contribution in [0.3, 0.4) is 0 Å². The Bertz CT molecular complexity index is 631. The average molecular weight is 345 g/mol. The van der Waals surface area contributed by atoms with Crippen molar-refractivity contribution in [2.45, 2.75) is 26.2 Å². The summed E-state index contributed by atoms with van der Waals surface area (Å²) in [6.07, 6.45) is 2.60. The first-order valence-corrected chi connectivity index (χ1v) is 8.95. The van der Waals surface area contributed by atoms with Crippen molar-refractivity contribution in [3.05, 3.63) is 29.8 Å². The van der Waals surface area contributed by atoms with Gasteiger partial charge in [0.25, 0.3) is 0 Å². The molecule has 3 rings (SSSR count). The number of anilines is 1. The van der Waals surface area contributed by atoms with Crippen LogP contribution in [-0.4, -0.2) is 61.6 Å². The van der Waals surface area contributed by atoms with Gasteiger partial charge in [-0.25, -0.2) is 4.79 Å². The minimum Gasteiger partial charge on any atom is -0.383 e. The molecule has 25 heavy (non-hydrogen) atoms. The summed E-state index contributed by atoms with van der Waals surface area (Å²) in [4.78, 5) is 29.2. The number of ether oxygens (including phenoxy) is 1. The molecule has 3 amide bonds. The quantitative estimate of drug-likeness (QED) is 0.912. The molecular formula is C19H27N3O3. The molecule has 2 aliphatic rings. The second-order valence-corrected chi connectivity index (χ2v) is 7.14. The zero-order chi connectivity index (χ0) is 17.9. The average Bonchev–Trinajstić information content (AvgIpc) is 3.04. The van der Waals surface area contributed by atoms with E-state index in [4.69, 9.17) is 4.74 Å². The van der Waals surface area contributed by atoms with Gasteiger partial charge in [-0.15, -0.1) is 0 Å². The summed E-state index contributed by atoms with van der Waals surface area (Å²) in [6, 6.07) is 7.62. The van der Waals surface area contributed by atoms with Gasteiger partial charge in [0.2, 0.25) is 5.91 Å². The Labute approximate surface area is 149 Å². The number of carbonyl (C=O) groups excluding carboxylic acids is 2.